The van der Waals surface area contributed by atoms with Crippen LogP contribution in [0.4, 0.5) is 5.13 Å². The molecular formula is C14H17N3O2S2. The number of carbonyl (C=O) groups is 1. The molecule has 0 saturated carbocycles. The van der Waals surface area contributed by atoms with E-state index in [1.54, 1.807) is 7.11 Å². The van der Waals surface area contributed by atoms with Crippen LogP contribution in [-0.2, 0) is 4.79 Å². The number of aromatic nitrogens is 1. The molecule has 1 amide bonds. The van der Waals surface area contributed by atoms with E-state index >= 15 is 0 Å². The Bertz CT molecular complexity index is 669. The first kappa shape index (κ1) is 15.7. The Labute approximate surface area is 132 Å². The summed E-state index contributed by atoms with van der Waals surface area (Å²) in [6.07, 6.45) is 1.48. The van der Waals surface area contributed by atoms with Gasteiger partial charge in [0.05, 0.1) is 28.2 Å². The van der Waals surface area contributed by atoms with E-state index in [9.17, 15) is 4.79 Å². The molecule has 2 aromatic rings. The topological polar surface area (TPSA) is 77.2 Å². The molecule has 0 aliphatic rings. The standard InChI is InChI=1S/C14H17N3O2S2/c1-3-4-9(12(15)20)13(18)17-14-16-10-6-5-8(19-2)7-11(10)21-14/h5-7,9H,3-4H2,1-2H3,(H2,15,20)(H,16,17,18). The molecule has 112 valence electrons. The van der Waals surface area contributed by atoms with Crippen molar-refractivity contribution in [1.29, 1.82) is 0 Å². The van der Waals surface area contributed by atoms with Crippen molar-refractivity contribution in [3.8, 4) is 5.75 Å². The maximum atomic E-state index is 12.2. The average Bonchev–Trinajstić information content (AvgIpc) is 2.84. The molecule has 1 aromatic heterocycles. The number of hydrogen-bond donors (Lipinski definition) is 2. The Hall–Kier alpha value is -1.73. The van der Waals surface area contributed by atoms with Gasteiger partial charge >= 0.3 is 0 Å². The number of methoxy groups -OCH3 is 1. The van der Waals surface area contributed by atoms with Crippen LogP contribution >= 0.6 is 23.6 Å². The van der Waals surface area contributed by atoms with E-state index in [-0.39, 0.29) is 10.9 Å². The number of fused-ring (bicyclic) bond motifs is 1. The van der Waals surface area contributed by atoms with E-state index in [0.717, 1.165) is 22.4 Å². The number of benzene rings is 1. The lowest BCUT2D eigenvalue weighted by Gasteiger charge is -2.12. The molecule has 0 fully saturated rings. The number of anilines is 1. The van der Waals surface area contributed by atoms with Crippen LogP contribution in [0.2, 0.25) is 0 Å². The number of thiazole rings is 1. The van der Waals surface area contributed by atoms with Crippen molar-refractivity contribution in [2.24, 2.45) is 11.7 Å². The number of amides is 1. The highest BCUT2D eigenvalue weighted by Crippen LogP contribution is 2.29. The molecule has 0 aliphatic carbocycles. The first-order chi connectivity index (χ1) is 10.0. The maximum Gasteiger partial charge on any atom is 0.236 e. The summed E-state index contributed by atoms with van der Waals surface area (Å²) in [5.74, 6) is 0.109. The summed E-state index contributed by atoms with van der Waals surface area (Å²) in [5.41, 5.74) is 6.45. The molecule has 2 rings (SSSR count). The smallest absolute Gasteiger partial charge is 0.236 e. The fourth-order valence-corrected chi connectivity index (χ4v) is 3.09. The van der Waals surface area contributed by atoms with Gasteiger partial charge in [-0.05, 0) is 24.6 Å². The molecule has 1 aromatic carbocycles. The third kappa shape index (κ3) is 3.68. The van der Waals surface area contributed by atoms with Crippen molar-refractivity contribution in [2.75, 3.05) is 12.4 Å². The third-order valence-corrected chi connectivity index (χ3v) is 4.28. The molecular weight excluding hydrogens is 306 g/mol. The van der Waals surface area contributed by atoms with Crippen LogP contribution in [-0.4, -0.2) is 23.0 Å². The minimum absolute atomic E-state index is 0.199. The van der Waals surface area contributed by atoms with Gasteiger partial charge < -0.3 is 15.8 Å². The maximum absolute atomic E-state index is 12.2. The first-order valence-corrected chi connectivity index (χ1v) is 7.82. The van der Waals surface area contributed by atoms with Crippen LogP contribution in [0, 0.1) is 5.92 Å². The van der Waals surface area contributed by atoms with Gasteiger partial charge in [0.15, 0.2) is 5.13 Å². The number of ether oxygens (including phenoxy) is 1. The van der Waals surface area contributed by atoms with Crippen LogP contribution in [0.1, 0.15) is 19.8 Å². The van der Waals surface area contributed by atoms with Gasteiger partial charge in [-0.15, -0.1) is 0 Å². The molecule has 1 unspecified atom stereocenters. The van der Waals surface area contributed by atoms with Crippen molar-refractivity contribution >= 4 is 49.8 Å². The monoisotopic (exact) mass is 323 g/mol. The predicted molar refractivity (Wildman–Crippen MR) is 90.0 cm³/mol. The number of nitrogens with zero attached hydrogens (tertiary/aromatic N) is 1. The highest BCUT2D eigenvalue weighted by atomic mass is 32.1. The molecule has 0 saturated heterocycles. The number of hydrogen-bond acceptors (Lipinski definition) is 5. The summed E-state index contributed by atoms with van der Waals surface area (Å²) < 4.78 is 6.12. The number of carbonyl (C=O) groups excluding carboxylic acids is 1. The number of nitrogens with two attached hydrogens (primary N) is 1. The van der Waals surface area contributed by atoms with Crippen LogP contribution < -0.4 is 15.8 Å². The highest BCUT2D eigenvalue weighted by molar-refractivity contribution is 7.80. The molecule has 7 heteroatoms. The van der Waals surface area contributed by atoms with Crippen LogP contribution in [0.5, 0.6) is 5.75 Å². The minimum Gasteiger partial charge on any atom is -0.497 e. The third-order valence-electron chi connectivity index (χ3n) is 3.06. The molecule has 0 aliphatic heterocycles. The zero-order valence-corrected chi connectivity index (χ0v) is 13.5. The summed E-state index contributed by atoms with van der Waals surface area (Å²) >= 11 is 6.35. The molecule has 21 heavy (non-hydrogen) atoms. The van der Waals surface area contributed by atoms with Gasteiger partial charge in [0.2, 0.25) is 5.91 Å². The molecule has 0 radical (unpaired) electrons. The molecule has 0 bridgehead atoms. The molecule has 1 atom stereocenters. The normalized spacial score (nSPS) is 12.1. The van der Waals surface area contributed by atoms with Gasteiger partial charge in [0, 0.05) is 0 Å². The Morgan fingerprint density at radius 3 is 2.95 bits per heavy atom. The van der Waals surface area contributed by atoms with Gasteiger partial charge in [-0.1, -0.05) is 36.9 Å². The van der Waals surface area contributed by atoms with E-state index in [0.29, 0.717) is 11.6 Å². The Kier molecular flexibility index (Phi) is 5.08. The summed E-state index contributed by atoms with van der Waals surface area (Å²) in [6, 6.07) is 5.58. The minimum atomic E-state index is -0.452. The van der Waals surface area contributed by atoms with E-state index in [4.69, 9.17) is 22.7 Å². The van der Waals surface area contributed by atoms with Crippen molar-refractivity contribution in [1.82, 2.24) is 4.98 Å². The molecule has 3 N–H and O–H groups in total. The lowest BCUT2D eigenvalue weighted by Crippen LogP contribution is -2.33. The van der Waals surface area contributed by atoms with Gasteiger partial charge in [-0.3, -0.25) is 4.79 Å². The second kappa shape index (κ2) is 6.82. The molecule has 0 spiro atoms. The quantitative estimate of drug-likeness (QED) is 0.799. The highest BCUT2D eigenvalue weighted by Gasteiger charge is 2.21. The Morgan fingerprint density at radius 1 is 1.57 bits per heavy atom. The van der Waals surface area contributed by atoms with Crippen LogP contribution in [0.25, 0.3) is 10.2 Å². The van der Waals surface area contributed by atoms with Crippen LogP contribution in [0.15, 0.2) is 18.2 Å². The zero-order chi connectivity index (χ0) is 15.4. The lowest BCUT2D eigenvalue weighted by atomic mass is 10.0. The van der Waals surface area contributed by atoms with Gasteiger partial charge in [-0.2, -0.15) is 0 Å². The largest absolute Gasteiger partial charge is 0.497 e. The molecule has 5 nitrogen and oxygen atoms in total. The summed E-state index contributed by atoms with van der Waals surface area (Å²) in [7, 11) is 1.61. The predicted octanol–water partition coefficient (Wildman–Crippen LogP) is 2.95. The first-order valence-electron chi connectivity index (χ1n) is 6.60. The van der Waals surface area contributed by atoms with Crippen molar-refractivity contribution in [2.45, 2.75) is 19.8 Å². The summed E-state index contributed by atoms with van der Waals surface area (Å²) in [5, 5.41) is 3.34. The lowest BCUT2D eigenvalue weighted by molar-refractivity contribution is -0.118. The van der Waals surface area contributed by atoms with E-state index in [1.165, 1.54) is 11.3 Å². The second-order valence-electron chi connectivity index (χ2n) is 4.59. The second-order valence-corrected chi connectivity index (χ2v) is 6.09. The van der Waals surface area contributed by atoms with Crippen molar-refractivity contribution < 1.29 is 9.53 Å². The zero-order valence-electron chi connectivity index (χ0n) is 11.9. The number of nitrogens with one attached hydrogen (secondary N) is 1. The fourth-order valence-electron chi connectivity index (χ4n) is 1.97. The van der Waals surface area contributed by atoms with Gasteiger partial charge in [0.1, 0.15) is 5.75 Å². The SMILES string of the molecule is CCCC(C(=O)Nc1nc2ccc(OC)cc2s1)C(N)=S. The van der Waals surface area contributed by atoms with Gasteiger partial charge in [-0.25, -0.2) is 4.98 Å². The van der Waals surface area contributed by atoms with Crippen molar-refractivity contribution in [3.05, 3.63) is 18.2 Å². The van der Waals surface area contributed by atoms with Crippen molar-refractivity contribution in [3.63, 3.8) is 0 Å². The van der Waals surface area contributed by atoms with E-state index in [2.05, 4.69) is 10.3 Å². The Morgan fingerprint density at radius 2 is 2.33 bits per heavy atom. The average molecular weight is 323 g/mol. The number of rotatable bonds is 6. The van der Waals surface area contributed by atoms with E-state index in [1.807, 2.05) is 25.1 Å². The van der Waals surface area contributed by atoms with Crippen LogP contribution in [0.3, 0.4) is 0 Å². The molecule has 1 heterocycles. The fraction of sp³-hybridized carbons (Fsp3) is 0.357. The summed E-state index contributed by atoms with van der Waals surface area (Å²) in [4.78, 5) is 16.8. The van der Waals surface area contributed by atoms with Gasteiger partial charge in [0.25, 0.3) is 0 Å². The van der Waals surface area contributed by atoms with E-state index < -0.39 is 5.92 Å². The summed E-state index contributed by atoms with van der Waals surface area (Å²) in [6.45, 7) is 1.99. The number of thiocarbonyl (C=S) groups is 1. The Balaban J connectivity index is 2.18.